The summed E-state index contributed by atoms with van der Waals surface area (Å²) in [5.74, 6) is 0.00827. The molecule has 1 heterocycles. The molecule has 0 bridgehead atoms. The van der Waals surface area contributed by atoms with Crippen LogP contribution in [0.15, 0.2) is 60.7 Å². The maximum Gasteiger partial charge on any atom is 0.244 e. The van der Waals surface area contributed by atoms with Crippen LogP contribution in [0.1, 0.15) is 30.0 Å². The summed E-state index contributed by atoms with van der Waals surface area (Å²) in [7, 11) is 0. The maximum atomic E-state index is 12.6. The topological polar surface area (TPSA) is 55.6 Å². The van der Waals surface area contributed by atoms with Gasteiger partial charge in [0, 0.05) is 13.1 Å². The van der Waals surface area contributed by atoms with Crippen molar-refractivity contribution in [3.8, 4) is 0 Å². The first kappa shape index (κ1) is 20.4. The number of rotatable bonds is 6. The van der Waals surface area contributed by atoms with Gasteiger partial charge in [0.2, 0.25) is 5.91 Å². The fourth-order valence-corrected chi connectivity index (χ4v) is 3.23. The van der Waals surface area contributed by atoms with Gasteiger partial charge in [0.15, 0.2) is 0 Å². The number of benzene rings is 2. The average molecular weight is 375 g/mol. The number of nitrogens with two attached hydrogens (primary N) is 1. The Bertz CT molecular complexity index is 658. The number of likely N-dealkylation sites (tertiary alicyclic amines) is 1. The second kappa shape index (κ2) is 10.3. The number of nitrogens with zero attached hydrogens (tertiary/aromatic N) is 1. The van der Waals surface area contributed by atoms with E-state index in [-0.39, 0.29) is 24.4 Å². The minimum Gasteiger partial charge on any atom is -0.378 e. The molecule has 2 aromatic rings. The standard InChI is InChI=1S/C21H26N2O2.ClH/c22-20(18-9-5-2-6-10-18)21(24)23-14-11-19(12-15-23)25-16-13-17-7-3-1-4-8-17;/h1-10,19-20H,11-16,22H2;1H. The predicted octanol–water partition coefficient (Wildman–Crippen LogP) is 3.36. The third kappa shape index (κ3) is 5.56. The summed E-state index contributed by atoms with van der Waals surface area (Å²) in [6.45, 7) is 2.16. The Morgan fingerprint density at radius 2 is 1.62 bits per heavy atom. The van der Waals surface area contributed by atoms with E-state index in [4.69, 9.17) is 10.5 Å². The summed E-state index contributed by atoms with van der Waals surface area (Å²) < 4.78 is 5.99. The molecule has 0 aliphatic carbocycles. The average Bonchev–Trinajstić information content (AvgIpc) is 2.69. The Hall–Kier alpha value is -1.88. The molecular weight excluding hydrogens is 348 g/mol. The van der Waals surface area contributed by atoms with Gasteiger partial charge in [-0.25, -0.2) is 0 Å². The van der Waals surface area contributed by atoms with Gasteiger partial charge in [-0.05, 0) is 30.4 Å². The van der Waals surface area contributed by atoms with Crippen molar-refractivity contribution in [1.82, 2.24) is 4.90 Å². The molecule has 2 N–H and O–H groups in total. The lowest BCUT2D eigenvalue weighted by molar-refractivity contribution is -0.135. The highest BCUT2D eigenvalue weighted by Crippen LogP contribution is 2.19. The van der Waals surface area contributed by atoms with Crippen LogP contribution in [0.4, 0.5) is 0 Å². The molecule has 0 radical (unpaired) electrons. The van der Waals surface area contributed by atoms with Crippen LogP contribution in [0, 0.1) is 0 Å². The number of carbonyl (C=O) groups excluding carboxylic acids is 1. The highest BCUT2D eigenvalue weighted by atomic mass is 35.5. The Morgan fingerprint density at radius 3 is 2.23 bits per heavy atom. The first-order valence-corrected chi connectivity index (χ1v) is 8.99. The van der Waals surface area contributed by atoms with Gasteiger partial charge in [-0.3, -0.25) is 4.79 Å². The molecular formula is C21H27ClN2O2. The lowest BCUT2D eigenvalue weighted by atomic mass is 10.0. The number of amides is 1. The monoisotopic (exact) mass is 374 g/mol. The summed E-state index contributed by atoms with van der Waals surface area (Å²) in [6, 6.07) is 19.4. The van der Waals surface area contributed by atoms with Crippen molar-refractivity contribution < 1.29 is 9.53 Å². The van der Waals surface area contributed by atoms with Crippen molar-refractivity contribution in [2.45, 2.75) is 31.4 Å². The van der Waals surface area contributed by atoms with Crippen molar-refractivity contribution in [3.05, 3.63) is 71.8 Å². The molecule has 0 aromatic heterocycles. The molecule has 0 spiro atoms. The van der Waals surface area contributed by atoms with Crippen molar-refractivity contribution >= 4 is 18.3 Å². The molecule has 1 aliphatic heterocycles. The van der Waals surface area contributed by atoms with Crippen molar-refractivity contribution in [1.29, 1.82) is 0 Å². The van der Waals surface area contributed by atoms with Crippen molar-refractivity contribution in [2.75, 3.05) is 19.7 Å². The van der Waals surface area contributed by atoms with Crippen LogP contribution in [0.2, 0.25) is 0 Å². The Morgan fingerprint density at radius 1 is 1.04 bits per heavy atom. The van der Waals surface area contributed by atoms with Crippen LogP contribution in [0.25, 0.3) is 0 Å². The molecule has 1 atom stereocenters. The lowest BCUT2D eigenvalue weighted by Crippen LogP contribution is -2.45. The van der Waals surface area contributed by atoms with Crippen LogP contribution in [0.5, 0.6) is 0 Å². The van der Waals surface area contributed by atoms with Gasteiger partial charge >= 0.3 is 0 Å². The van der Waals surface area contributed by atoms with E-state index in [0.29, 0.717) is 0 Å². The van der Waals surface area contributed by atoms with Crippen LogP contribution in [-0.4, -0.2) is 36.6 Å². The molecule has 2 aromatic carbocycles. The fraction of sp³-hybridized carbons (Fsp3) is 0.381. The summed E-state index contributed by atoms with van der Waals surface area (Å²) >= 11 is 0. The van der Waals surface area contributed by atoms with Gasteiger partial charge in [-0.2, -0.15) is 0 Å². The zero-order chi connectivity index (χ0) is 17.5. The number of carbonyl (C=O) groups is 1. The summed E-state index contributed by atoms with van der Waals surface area (Å²) in [5, 5.41) is 0. The van der Waals surface area contributed by atoms with E-state index in [1.807, 2.05) is 41.3 Å². The Balaban J connectivity index is 0.00000243. The maximum absolute atomic E-state index is 12.6. The first-order chi connectivity index (χ1) is 12.2. The molecule has 1 aliphatic rings. The smallest absolute Gasteiger partial charge is 0.244 e. The summed E-state index contributed by atoms with van der Waals surface area (Å²) in [4.78, 5) is 14.4. The molecule has 5 heteroatoms. The highest BCUT2D eigenvalue weighted by Gasteiger charge is 2.27. The van der Waals surface area contributed by atoms with Crippen LogP contribution >= 0.6 is 12.4 Å². The van der Waals surface area contributed by atoms with Gasteiger partial charge < -0.3 is 15.4 Å². The van der Waals surface area contributed by atoms with E-state index >= 15 is 0 Å². The summed E-state index contributed by atoms with van der Waals surface area (Å²) in [5.41, 5.74) is 8.29. The zero-order valence-corrected chi connectivity index (χ0v) is 15.7. The van der Waals surface area contributed by atoms with Gasteiger partial charge in [-0.15, -0.1) is 12.4 Å². The predicted molar refractivity (Wildman–Crippen MR) is 106 cm³/mol. The molecule has 140 valence electrons. The van der Waals surface area contributed by atoms with Crippen LogP contribution in [-0.2, 0) is 16.0 Å². The van der Waals surface area contributed by atoms with Gasteiger partial charge in [0.05, 0.1) is 12.7 Å². The lowest BCUT2D eigenvalue weighted by Gasteiger charge is -2.33. The Labute approximate surface area is 161 Å². The van der Waals surface area contributed by atoms with Crippen LogP contribution < -0.4 is 5.73 Å². The van der Waals surface area contributed by atoms with E-state index in [9.17, 15) is 4.79 Å². The van der Waals surface area contributed by atoms with Crippen molar-refractivity contribution in [2.24, 2.45) is 5.73 Å². The van der Waals surface area contributed by atoms with Gasteiger partial charge in [0.25, 0.3) is 0 Å². The second-order valence-electron chi connectivity index (χ2n) is 6.52. The van der Waals surface area contributed by atoms with Crippen molar-refractivity contribution in [3.63, 3.8) is 0 Å². The molecule has 0 saturated carbocycles. The first-order valence-electron chi connectivity index (χ1n) is 8.99. The molecule has 1 unspecified atom stereocenters. The highest BCUT2D eigenvalue weighted by molar-refractivity contribution is 5.85. The van der Waals surface area contributed by atoms with E-state index in [1.54, 1.807) is 0 Å². The molecule has 3 rings (SSSR count). The van der Waals surface area contributed by atoms with E-state index < -0.39 is 6.04 Å². The van der Waals surface area contributed by atoms with E-state index in [1.165, 1.54) is 5.56 Å². The summed E-state index contributed by atoms with van der Waals surface area (Å²) in [6.07, 6.45) is 2.92. The van der Waals surface area contributed by atoms with Gasteiger partial charge in [-0.1, -0.05) is 60.7 Å². The largest absolute Gasteiger partial charge is 0.378 e. The minimum absolute atomic E-state index is 0. The molecule has 1 amide bonds. The third-order valence-electron chi connectivity index (χ3n) is 4.77. The molecule has 4 nitrogen and oxygen atoms in total. The van der Waals surface area contributed by atoms with E-state index in [0.717, 1.165) is 44.5 Å². The number of ether oxygens (including phenoxy) is 1. The third-order valence-corrected chi connectivity index (χ3v) is 4.77. The van der Waals surface area contributed by atoms with Crippen LogP contribution in [0.3, 0.4) is 0 Å². The molecule has 1 fully saturated rings. The van der Waals surface area contributed by atoms with E-state index in [2.05, 4.69) is 24.3 Å². The quantitative estimate of drug-likeness (QED) is 0.843. The molecule has 1 saturated heterocycles. The number of hydrogen-bond donors (Lipinski definition) is 1. The minimum atomic E-state index is -0.572. The number of halogens is 1. The number of hydrogen-bond acceptors (Lipinski definition) is 3. The normalized spacial score (nSPS) is 16.0. The second-order valence-corrected chi connectivity index (χ2v) is 6.52. The molecule has 26 heavy (non-hydrogen) atoms. The fourth-order valence-electron chi connectivity index (χ4n) is 3.23. The number of piperidine rings is 1. The zero-order valence-electron chi connectivity index (χ0n) is 14.9. The Kier molecular flexibility index (Phi) is 8.10. The SMILES string of the molecule is Cl.NC(C(=O)N1CCC(OCCc2ccccc2)CC1)c1ccccc1. The van der Waals surface area contributed by atoms with Gasteiger partial charge in [0.1, 0.15) is 6.04 Å².